The van der Waals surface area contributed by atoms with Gasteiger partial charge in [0.1, 0.15) is 6.07 Å². The van der Waals surface area contributed by atoms with Crippen LogP contribution < -0.4 is 0 Å². The van der Waals surface area contributed by atoms with Gasteiger partial charge in [-0.2, -0.15) is 5.26 Å². The van der Waals surface area contributed by atoms with Crippen molar-refractivity contribution in [1.29, 1.82) is 5.26 Å². The molecule has 0 aromatic rings. The Bertz CT molecular complexity index is 183. The number of rotatable bonds is 2. The molecule has 0 unspecified atom stereocenters. The number of nitrogens with zero attached hydrogens (tertiary/aromatic N) is 2. The molecule has 10 heavy (non-hydrogen) atoms. The second kappa shape index (κ2) is 4.30. The molecule has 6 heteroatoms. The molecule has 0 N–H and O–H groups in total. The molecule has 0 atom stereocenters. The molecule has 0 saturated carbocycles. The van der Waals surface area contributed by atoms with Gasteiger partial charge in [-0.25, -0.2) is 4.40 Å². The summed E-state index contributed by atoms with van der Waals surface area (Å²) in [5.41, 5.74) is 0. The lowest BCUT2D eigenvalue weighted by atomic mass is 10.5. The Morgan fingerprint density at radius 1 is 1.70 bits per heavy atom. The highest BCUT2D eigenvalue weighted by Gasteiger charge is 2.29. The van der Waals surface area contributed by atoms with Crippen molar-refractivity contribution in [3.63, 3.8) is 0 Å². The summed E-state index contributed by atoms with van der Waals surface area (Å²) in [5, 5.41) is 8.18. The van der Waals surface area contributed by atoms with Crippen LogP contribution in [0, 0.1) is 11.3 Å². The molecule has 0 aliphatic carbocycles. The maximum atomic E-state index is 8.30. The van der Waals surface area contributed by atoms with Gasteiger partial charge in [0.2, 0.25) is 0 Å². The predicted molar refractivity (Wildman–Crippen MR) is 46.9 cm³/mol. The minimum absolute atomic E-state index is 0.120. The normalized spacial score (nSPS) is 12.9. The molecule has 0 amide bonds. The minimum Gasteiger partial charge on any atom is -0.205 e. The Kier molecular flexibility index (Phi) is 4.46. The van der Waals surface area contributed by atoms with Gasteiger partial charge in [0.25, 0.3) is 4.33 Å². The Balaban J connectivity index is 4.36. The number of nitriles is 1. The second-order valence-electron chi connectivity index (χ2n) is 1.25. The maximum Gasteiger partial charge on any atom is 0.256 e. The van der Waals surface area contributed by atoms with E-state index in [1.165, 1.54) is 0 Å². The van der Waals surface area contributed by atoms with E-state index >= 15 is 0 Å². The standard InChI is InChI=1S/C4H3Cl3N2S/c1-10-9-3(5)4(6,7)2-8/h1H3/b9-3-. The zero-order chi connectivity index (χ0) is 8.20. The average Bonchev–Trinajstić information content (AvgIpc) is 1.89. The first kappa shape index (κ1) is 10.4. The van der Waals surface area contributed by atoms with Crippen LogP contribution in [0.15, 0.2) is 4.40 Å². The van der Waals surface area contributed by atoms with Crippen LogP contribution in [0.2, 0.25) is 0 Å². The summed E-state index contributed by atoms with van der Waals surface area (Å²) in [4.78, 5) is 0. The highest BCUT2D eigenvalue weighted by molar-refractivity contribution is 7.97. The molecule has 0 aromatic heterocycles. The largest absolute Gasteiger partial charge is 0.256 e. The van der Waals surface area contributed by atoms with Gasteiger partial charge in [-0.05, 0) is 11.9 Å². The van der Waals surface area contributed by atoms with Crippen LogP contribution in [-0.2, 0) is 0 Å². The third-order valence-electron chi connectivity index (χ3n) is 0.571. The van der Waals surface area contributed by atoms with Gasteiger partial charge in [-0.15, -0.1) is 0 Å². The average molecular weight is 218 g/mol. The molecule has 0 saturated heterocycles. The lowest BCUT2D eigenvalue weighted by molar-refractivity contribution is 1.34. The molecular weight excluding hydrogens is 214 g/mol. The van der Waals surface area contributed by atoms with Gasteiger partial charge in [0.15, 0.2) is 5.17 Å². The summed E-state index contributed by atoms with van der Waals surface area (Å²) in [5.74, 6) is 0. The molecule has 0 aromatic carbocycles. The zero-order valence-electron chi connectivity index (χ0n) is 4.94. The van der Waals surface area contributed by atoms with Crippen LogP contribution in [-0.4, -0.2) is 15.8 Å². The number of halogens is 3. The van der Waals surface area contributed by atoms with Crippen molar-refractivity contribution < 1.29 is 0 Å². The SMILES string of the molecule is CS/N=C(\Cl)C(Cl)(Cl)C#N. The maximum absolute atomic E-state index is 8.30. The first-order chi connectivity index (χ1) is 4.54. The number of hydrogen-bond acceptors (Lipinski definition) is 3. The van der Waals surface area contributed by atoms with Gasteiger partial charge < -0.3 is 0 Å². The van der Waals surface area contributed by atoms with Crippen LogP contribution >= 0.6 is 46.8 Å². The summed E-state index contributed by atoms with van der Waals surface area (Å²) in [7, 11) is 0. The molecule has 0 aliphatic rings. The monoisotopic (exact) mass is 216 g/mol. The number of alkyl halides is 2. The van der Waals surface area contributed by atoms with Crippen LogP contribution in [0.25, 0.3) is 0 Å². The van der Waals surface area contributed by atoms with E-state index in [1.807, 2.05) is 0 Å². The number of hydrogen-bond donors (Lipinski definition) is 0. The lowest BCUT2D eigenvalue weighted by Gasteiger charge is -2.04. The molecule has 0 radical (unpaired) electrons. The second-order valence-corrected chi connectivity index (χ2v) is 3.48. The van der Waals surface area contributed by atoms with Gasteiger partial charge in [-0.1, -0.05) is 34.8 Å². The molecule has 0 heterocycles. The van der Waals surface area contributed by atoms with Crippen LogP contribution in [0.3, 0.4) is 0 Å². The first-order valence-corrected chi connectivity index (χ1v) is 4.42. The summed E-state index contributed by atoms with van der Waals surface area (Å²) in [6.07, 6.45) is 1.68. The summed E-state index contributed by atoms with van der Waals surface area (Å²) < 4.78 is 1.88. The van der Waals surface area contributed by atoms with E-state index in [2.05, 4.69) is 4.40 Å². The van der Waals surface area contributed by atoms with Gasteiger partial charge in [0, 0.05) is 6.26 Å². The molecular formula is C4H3Cl3N2S. The fraction of sp³-hybridized carbons (Fsp3) is 0.500. The molecule has 0 aliphatic heterocycles. The third kappa shape index (κ3) is 2.98. The van der Waals surface area contributed by atoms with Crippen molar-refractivity contribution >= 4 is 51.9 Å². The zero-order valence-corrected chi connectivity index (χ0v) is 8.02. The van der Waals surface area contributed by atoms with Crippen molar-refractivity contribution in [3.05, 3.63) is 0 Å². The van der Waals surface area contributed by atoms with E-state index in [1.54, 1.807) is 12.3 Å². The van der Waals surface area contributed by atoms with Crippen LogP contribution in [0.1, 0.15) is 0 Å². The van der Waals surface area contributed by atoms with Gasteiger partial charge >= 0.3 is 0 Å². The summed E-state index contributed by atoms with van der Waals surface area (Å²) in [6.45, 7) is 0. The fourth-order valence-corrected chi connectivity index (χ4v) is 0.915. The van der Waals surface area contributed by atoms with E-state index < -0.39 is 4.33 Å². The molecule has 0 spiro atoms. The Morgan fingerprint density at radius 2 is 2.20 bits per heavy atom. The third-order valence-corrected chi connectivity index (χ3v) is 2.12. The van der Waals surface area contributed by atoms with Crippen LogP contribution in [0.4, 0.5) is 0 Å². The van der Waals surface area contributed by atoms with E-state index in [0.29, 0.717) is 0 Å². The highest BCUT2D eigenvalue weighted by Crippen LogP contribution is 2.25. The van der Waals surface area contributed by atoms with Crippen molar-refractivity contribution in [1.82, 2.24) is 0 Å². The Labute approximate surface area is 78.3 Å². The van der Waals surface area contributed by atoms with Gasteiger partial charge in [0.05, 0.1) is 0 Å². The summed E-state index contributed by atoms with van der Waals surface area (Å²) >= 11 is 17.3. The van der Waals surface area contributed by atoms with E-state index in [9.17, 15) is 0 Å². The topological polar surface area (TPSA) is 36.1 Å². The van der Waals surface area contributed by atoms with E-state index in [-0.39, 0.29) is 5.17 Å². The quantitative estimate of drug-likeness (QED) is 0.405. The minimum atomic E-state index is -1.70. The molecule has 56 valence electrons. The van der Waals surface area contributed by atoms with Crippen molar-refractivity contribution in [2.24, 2.45) is 4.40 Å². The van der Waals surface area contributed by atoms with Crippen molar-refractivity contribution in [2.45, 2.75) is 4.33 Å². The lowest BCUT2D eigenvalue weighted by Crippen LogP contribution is -2.17. The van der Waals surface area contributed by atoms with Crippen LogP contribution in [0.5, 0.6) is 0 Å². The Morgan fingerprint density at radius 3 is 2.50 bits per heavy atom. The first-order valence-electron chi connectivity index (χ1n) is 2.10. The predicted octanol–water partition coefficient (Wildman–Crippen LogP) is 2.60. The van der Waals surface area contributed by atoms with Gasteiger partial charge in [-0.3, -0.25) is 0 Å². The van der Waals surface area contributed by atoms with Crippen molar-refractivity contribution in [3.8, 4) is 6.07 Å². The molecule has 2 nitrogen and oxygen atoms in total. The highest BCUT2D eigenvalue weighted by atomic mass is 35.5. The fourth-order valence-electron chi connectivity index (χ4n) is 0.184. The van der Waals surface area contributed by atoms with E-state index in [4.69, 9.17) is 40.1 Å². The van der Waals surface area contributed by atoms with E-state index in [0.717, 1.165) is 11.9 Å². The van der Waals surface area contributed by atoms with Crippen molar-refractivity contribution in [2.75, 3.05) is 6.26 Å². The Hall–Kier alpha value is 0.380. The smallest absolute Gasteiger partial charge is 0.205 e. The molecule has 0 fully saturated rings. The summed E-state index contributed by atoms with van der Waals surface area (Å²) in [6, 6.07) is 1.58. The molecule has 0 rings (SSSR count). The molecule has 0 bridgehead atoms.